The summed E-state index contributed by atoms with van der Waals surface area (Å²) in [5.74, 6) is 0.704. The Morgan fingerprint density at radius 3 is 2.19 bits per heavy atom. The predicted octanol–water partition coefficient (Wildman–Crippen LogP) is 4.77. The van der Waals surface area contributed by atoms with Crippen LogP contribution in [0.1, 0.15) is 37.3 Å². The third-order valence-corrected chi connectivity index (χ3v) is 9.21. The van der Waals surface area contributed by atoms with E-state index in [9.17, 15) is 13.2 Å². The number of sulfonamides is 1. The first-order valence-electron chi connectivity index (χ1n) is 10.7. The van der Waals surface area contributed by atoms with Crippen molar-refractivity contribution < 1.29 is 17.9 Å². The quantitative estimate of drug-likeness (QED) is 0.597. The van der Waals surface area contributed by atoms with E-state index in [4.69, 9.17) is 27.9 Å². The second-order valence-electron chi connectivity index (χ2n) is 8.19. The molecule has 1 amide bonds. The van der Waals surface area contributed by atoms with E-state index in [2.05, 4.69) is 0 Å². The number of nitrogens with zero attached hydrogens (tertiary/aromatic N) is 2. The molecule has 0 spiro atoms. The molecule has 0 aliphatic carbocycles. The maximum Gasteiger partial charge on any atom is 0.246 e. The van der Waals surface area contributed by atoms with E-state index in [1.54, 1.807) is 13.2 Å². The largest absolute Gasteiger partial charge is 0.497 e. The van der Waals surface area contributed by atoms with Gasteiger partial charge in [-0.15, -0.1) is 0 Å². The maximum absolute atomic E-state index is 13.3. The number of rotatable bonds is 5. The first-order valence-corrected chi connectivity index (χ1v) is 12.9. The standard InChI is InChI=1S/C23H26Cl2N2O4S/c1-31-18-9-7-16(8-10-18)21-6-3-13-27(21)23(28)17-11-14-26(15-12-17)32(29,30)22-19(24)4-2-5-20(22)25/h2,4-5,7-10,17,21H,3,6,11-15H2,1H3. The molecule has 2 saturated heterocycles. The fraction of sp³-hybridized carbons (Fsp3) is 0.435. The third-order valence-electron chi connectivity index (χ3n) is 6.36. The van der Waals surface area contributed by atoms with Crippen LogP contribution in [0.2, 0.25) is 10.0 Å². The molecule has 9 heteroatoms. The molecule has 0 radical (unpaired) electrons. The maximum atomic E-state index is 13.3. The Hall–Kier alpha value is -1.80. The van der Waals surface area contributed by atoms with Gasteiger partial charge in [0.2, 0.25) is 15.9 Å². The molecule has 2 aromatic carbocycles. The van der Waals surface area contributed by atoms with E-state index < -0.39 is 10.0 Å². The number of ether oxygens (including phenoxy) is 1. The van der Waals surface area contributed by atoms with Gasteiger partial charge in [-0.1, -0.05) is 41.4 Å². The summed E-state index contributed by atoms with van der Waals surface area (Å²) in [5, 5.41) is 0.213. The number of amides is 1. The van der Waals surface area contributed by atoms with Crippen LogP contribution in [0.15, 0.2) is 47.4 Å². The van der Waals surface area contributed by atoms with Gasteiger partial charge in [0.15, 0.2) is 0 Å². The summed E-state index contributed by atoms with van der Waals surface area (Å²) in [6.07, 6.45) is 2.84. The zero-order valence-corrected chi connectivity index (χ0v) is 20.2. The summed E-state index contributed by atoms with van der Waals surface area (Å²) in [4.78, 5) is 15.2. The third kappa shape index (κ3) is 4.49. The fourth-order valence-electron chi connectivity index (χ4n) is 4.64. The van der Waals surface area contributed by atoms with E-state index >= 15 is 0 Å². The number of hydrogen-bond donors (Lipinski definition) is 0. The van der Waals surface area contributed by atoms with Crippen molar-refractivity contribution in [2.45, 2.75) is 36.6 Å². The van der Waals surface area contributed by atoms with Gasteiger partial charge >= 0.3 is 0 Å². The van der Waals surface area contributed by atoms with Crippen molar-refractivity contribution in [3.05, 3.63) is 58.1 Å². The van der Waals surface area contributed by atoms with Crippen molar-refractivity contribution in [1.82, 2.24) is 9.21 Å². The van der Waals surface area contributed by atoms with Gasteiger partial charge < -0.3 is 9.64 Å². The minimum absolute atomic E-state index is 0.0529. The number of hydrogen-bond acceptors (Lipinski definition) is 4. The van der Waals surface area contributed by atoms with Crippen molar-refractivity contribution in [2.24, 2.45) is 5.92 Å². The summed E-state index contributed by atoms with van der Waals surface area (Å²) in [7, 11) is -2.19. The highest BCUT2D eigenvalue weighted by molar-refractivity contribution is 7.89. The van der Waals surface area contributed by atoms with E-state index in [1.807, 2.05) is 29.2 Å². The molecule has 32 heavy (non-hydrogen) atoms. The van der Waals surface area contributed by atoms with Gasteiger partial charge in [-0.25, -0.2) is 8.42 Å². The van der Waals surface area contributed by atoms with Crippen LogP contribution in [0.3, 0.4) is 0 Å². The lowest BCUT2D eigenvalue weighted by Gasteiger charge is -2.34. The molecular formula is C23H26Cl2N2O4S. The van der Waals surface area contributed by atoms with Crippen LogP contribution in [0.4, 0.5) is 0 Å². The van der Waals surface area contributed by atoms with Crippen LogP contribution in [-0.2, 0) is 14.8 Å². The van der Waals surface area contributed by atoms with E-state index in [1.165, 1.54) is 16.4 Å². The first kappa shape index (κ1) is 23.4. The van der Waals surface area contributed by atoms with Gasteiger partial charge in [0.05, 0.1) is 23.2 Å². The van der Waals surface area contributed by atoms with Gasteiger partial charge in [-0.3, -0.25) is 4.79 Å². The Labute approximate surface area is 199 Å². The Morgan fingerprint density at radius 2 is 1.59 bits per heavy atom. The van der Waals surface area contributed by atoms with Gasteiger partial charge in [-0.2, -0.15) is 4.31 Å². The van der Waals surface area contributed by atoms with Crippen LogP contribution >= 0.6 is 23.2 Å². The van der Waals surface area contributed by atoms with E-state index in [-0.39, 0.29) is 45.9 Å². The predicted molar refractivity (Wildman–Crippen MR) is 125 cm³/mol. The van der Waals surface area contributed by atoms with Crippen LogP contribution in [0.25, 0.3) is 0 Å². The normalized spacial score (nSPS) is 20.5. The molecule has 2 aliphatic rings. The summed E-state index contributed by atoms with van der Waals surface area (Å²) in [6, 6.07) is 12.6. The highest BCUT2D eigenvalue weighted by Crippen LogP contribution is 2.37. The molecule has 4 rings (SSSR count). The van der Waals surface area contributed by atoms with Crippen molar-refractivity contribution >= 4 is 39.1 Å². The second kappa shape index (κ2) is 9.59. The fourth-order valence-corrected chi connectivity index (χ4v) is 7.20. The van der Waals surface area contributed by atoms with Crippen molar-refractivity contribution in [3.8, 4) is 5.75 Å². The molecule has 2 heterocycles. The monoisotopic (exact) mass is 496 g/mol. The highest BCUT2D eigenvalue weighted by atomic mass is 35.5. The van der Waals surface area contributed by atoms with Gasteiger partial charge in [0.1, 0.15) is 10.6 Å². The smallest absolute Gasteiger partial charge is 0.246 e. The lowest BCUT2D eigenvalue weighted by atomic mass is 9.95. The average Bonchev–Trinajstić information content (AvgIpc) is 3.28. The number of carbonyl (C=O) groups is 1. The molecule has 172 valence electrons. The van der Waals surface area contributed by atoms with Crippen molar-refractivity contribution in [2.75, 3.05) is 26.7 Å². The lowest BCUT2D eigenvalue weighted by Crippen LogP contribution is -2.44. The number of methoxy groups -OCH3 is 1. The molecule has 2 fully saturated rings. The van der Waals surface area contributed by atoms with Crippen molar-refractivity contribution in [1.29, 1.82) is 0 Å². The van der Waals surface area contributed by atoms with Gasteiger partial charge in [0, 0.05) is 25.6 Å². The Kier molecular flexibility index (Phi) is 7.00. The zero-order chi connectivity index (χ0) is 22.9. The Bertz CT molecular complexity index is 1060. The molecule has 2 aliphatic heterocycles. The van der Waals surface area contributed by atoms with Gasteiger partial charge in [0.25, 0.3) is 0 Å². The van der Waals surface area contributed by atoms with Crippen LogP contribution in [-0.4, -0.2) is 50.3 Å². The molecule has 0 bridgehead atoms. The molecule has 2 aromatic rings. The summed E-state index contributed by atoms with van der Waals surface area (Å²) >= 11 is 12.3. The minimum Gasteiger partial charge on any atom is -0.497 e. The first-order chi connectivity index (χ1) is 15.3. The number of carbonyl (C=O) groups excluding carboxylic acids is 1. The Morgan fingerprint density at radius 1 is 0.969 bits per heavy atom. The van der Waals surface area contributed by atoms with Crippen LogP contribution in [0, 0.1) is 5.92 Å². The van der Waals surface area contributed by atoms with Gasteiger partial charge in [-0.05, 0) is 55.5 Å². The average molecular weight is 497 g/mol. The van der Waals surface area contributed by atoms with E-state index in [0.717, 1.165) is 30.7 Å². The number of likely N-dealkylation sites (tertiary alicyclic amines) is 1. The number of benzene rings is 2. The molecule has 1 unspecified atom stereocenters. The zero-order valence-electron chi connectivity index (χ0n) is 17.8. The van der Waals surface area contributed by atoms with Crippen LogP contribution < -0.4 is 4.74 Å². The SMILES string of the molecule is COc1ccc(C2CCCN2C(=O)C2CCN(S(=O)(=O)c3c(Cl)cccc3Cl)CC2)cc1. The van der Waals surface area contributed by atoms with E-state index in [0.29, 0.717) is 12.8 Å². The molecule has 1 atom stereocenters. The summed E-state index contributed by atoms with van der Waals surface area (Å²) in [6.45, 7) is 1.26. The number of piperidine rings is 1. The summed E-state index contributed by atoms with van der Waals surface area (Å²) in [5.41, 5.74) is 1.10. The Balaban J connectivity index is 1.44. The molecule has 6 nitrogen and oxygen atoms in total. The van der Waals surface area contributed by atoms with Crippen LogP contribution in [0.5, 0.6) is 5.75 Å². The second-order valence-corrected chi connectivity index (χ2v) is 10.9. The molecule has 0 saturated carbocycles. The lowest BCUT2D eigenvalue weighted by molar-refractivity contribution is -0.137. The molecular weight excluding hydrogens is 471 g/mol. The van der Waals surface area contributed by atoms with Crippen molar-refractivity contribution in [3.63, 3.8) is 0 Å². The number of halogens is 2. The topological polar surface area (TPSA) is 66.9 Å². The summed E-state index contributed by atoms with van der Waals surface area (Å²) < 4.78 is 32.8. The minimum atomic E-state index is -3.82. The highest BCUT2D eigenvalue weighted by Gasteiger charge is 2.38. The molecule has 0 N–H and O–H groups in total. The molecule has 0 aromatic heterocycles.